The van der Waals surface area contributed by atoms with E-state index in [0.717, 1.165) is 43.9 Å². The van der Waals surface area contributed by atoms with Crippen LogP contribution in [0.2, 0.25) is 0 Å². The minimum absolute atomic E-state index is 0.0685. The lowest BCUT2D eigenvalue weighted by atomic mass is 9.98. The van der Waals surface area contributed by atoms with E-state index in [1.54, 1.807) is 18.6 Å². The molecule has 7 heteroatoms. The molecule has 7 nitrogen and oxygen atoms in total. The third kappa shape index (κ3) is 4.99. The molecule has 1 saturated heterocycles. The minimum atomic E-state index is 0.0685. The summed E-state index contributed by atoms with van der Waals surface area (Å²) in [6.07, 6.45) is 11.4. The maximum Gasteiger partial charge on any atom is 0.255 e. The van der Waals surface area contributed by atoms with Crippen LogP contribution in [0.5, 0.6) is 0 Å². The van der Waals surface area contributed by atoms with Gasteiger partial charge in [-0.05, 0) is 56.0 Å². The summed E-state index contributed by atoms with van der Waals surface area (Å²) < 4.78 is 1.93. The van der Waals surface area contributed by atoms with Crippen LogP contribution in [0.25, 0.3) is 0 Å². The molecular weight excluding hydrogens is 364 g/mol. The Morgan fingerprint density at radius 1 is 1.10 bits per heavy atom. The molecule has 0 aromatic carbocycles. The number of nitrogens with one attached hydrogen (secondary N) is 1. The van der Waals surface area contributed by atoms with Gasteiger partial charge in [0.05, 0.1) is 17.8 Å². The van der Waals surface area contributed by atoms with Crippen LogP contribution in [-0.2, 0) is 13.1 Å². The number of carbonyl (C=O) groups is 1. The summed E-state index contributed by atoms with van der Waals surface area (Å²) in [7, 11) is 0. The normalized spacial score (nSPS) is 16.6. The Morgan fingerprint density at radius 2 is 2.07 bits per heavy atom. The van der Waals surface area contributed by atoms with Gasteiger partial charge in [-0.15, -0.1) is 0 Å². The molecule has 1 N–H and O–H groups in total. The fourth-order valence-electron chi connectivity index (χ4n) is 3.76. The zero-order chi connectivity index (χ0) is 19.9. The van der Waals surface area contributed by atoms with Crippen molar-refractivity contribution < 1.29 is 4.79 Å². The number of rotatable bonds is 7. The fourth-order valence-corrected chi connectivity index (χ4v) is 3.76. The predicted molar refractivity (Wildman–Crippen MR) is 111 cm³/mol. The van der Waals surface area contributed by atoms with Crippen molar-refractivity contribution in [3.63, 3.8) is 0 Å². The third-order valence-corrected chi connectivity index (χ3v) is 5.33. The maximum absolute atomic E-state index is 13.1. The Morgan fingerprint density at radius 3 is 2.83 bits per heavy atom. The topological polar surface area (TPSA) is 75.9 Å². The number of anilines is 1. The van der Waals surface area contributed by atoms with E-state index in [9.17, 15) is 4.79 Å². The van der Waals surface area contributed by atoms with Gasteiger partial charge in [-0.3, -0.25) is 14.5 Å². The number of amides is 1. The number of hydrogen-bond acceptors (Lipinski definition) is 5. The minimum Gasteiger partial charge on any atom is -0.364 e. The average Bonchev–Trinajstić information content (AvgIpc) is 3.31. The number of aromatic nitrogens is 4. The number of aryl methyl sites for hydroxylation is 1. The molecule has 0 bridgehead atoms. The number of likely N-dealkylation sites (tertiary alicyclic amines) is 1. The molecule has 0 spiro atoms. The Balaban J connectivity index is 1.36. The van der Waals surface area contributed by atoms with Gasteiger partial charge in [0.25, 0.3) is 5.91 Å². The van der Waals surface area contributed by atoms with Crippen molar-refractivity contribution in [1.29, 1.82) is 0 Å². The zero-order valence-corrected chi connectivity index (χ0v) is 16.4. The van der Waals surface area contributed by atoms with Gasteiger partial charge in [0.15, 0.2) is 0 Å². The van der Waals surface area contributed by atoms with Gasteiger partial charge in [-0.2, -0.15) is 5.10 Å². The lowest BCUT2D eigenvalue weighted by Gasteiger charge is -2.36. The van der Waals surface area contributed by atoms with Gasteiger partial charge in [0, 0.05) is 43.9 Å². The van der Waals surface area contributed by atoms with Crippen LogP contribution >= 0.6 is 0 Å². The molecule has 0 radical (unpaired) electrons. The summed E-state index contributed by atoms with van der Waals surface area (Å²) in [5, 5.41) is 7.51. The van der Waals surface area contributed by atoms with Crippen molar-refractivity contribution in [2.24, 2.45) is 0 Å². The molecule has 3 aromatic heterocycles. The van der Waals surface area contributed by atoms with Crippen molar-refractivity contribution in [3.05, 3.63) is 72.4 Å². The maximum atomic E-state index is 13.1. The Labute approximate surface area is 170 Å². The van der Waals surface area contributed by atoms with Crippen LogP contribution in [0.3, 0.4) is 0 Å². The summed E-state index contributed by atoms with van der Waals surface area (Å²) >= 11 is 0. The first kappa shape index (κ1) is 19.1. The van der Waals surface area contributed by atoms with Gasteiger partial charge in [-0.1, -0.05) is 6.07 Å². The molecule has 1 aliphatic heterocycles. The van der Waals surface area contributed by atoms with Crippen molar-refractivity contribution in [3.8, 4) is 0 Å². The molecule has 1 atom stereocenters. The van der Waals surface area contributed by atoms with Crippen molar-refractivity contribution >= 4 is 11.7 Å². The molecular formula is C22H26N6O. The van der Waals surface area contributed by atoms with Crippen LogP contribution in [0.15, 0.2) is 61.2 Å². The second-order valence-electron chi connectivity index (χ2n) is 7.31. The summed E-state index contributed by atoms with van der Waals surface area (Å²) in [4.78, 5) is 23.8. The van der Waals surface area contributed by atoms with Gasteiger partial charge >= 0.3 is 0 Å². The van der Waals surface area contributed by atoms with Crippen LogP contribution in [0, 0.1) is 0 Å². The highest BCUT2D eigenvalue weighted by Crippen LogP contribution is 2.22. The number of piperidine rings is 1. The molecule has 1 aliphatic rings. The summed E-state index contributed by atoms with van der Waals surface area (Å²) in [5.41, 5.74) is 1.59. The van der Waals surface area contributed by atoms with E-state index in [-0.39, 0.29) is 11.9 Å². The summed E-state index contributed by atoms with van der Waals surface area (Å²) in [5.74, 6) is 0.806. The molecule has 1 amide bonds. The standard InChI is InChI=1S/C22H26N6O/c29-22(28-14-4-2-7-20(28)10-15-27-13-5-12-26-27)18-8-9-21(24-16-18)25-17-19-6-1-3-11-23-19/h1,3,5-6,8-9,11-13,16,20H,2,4,7,10,14-15,17H2,(H,24,25). The van der Waals surface area contributed by atoms with Gasteiger partial charge < -0.3 is 10.2 Å². The SMILES string of the molecule is O=C(c1ccc(NCc2ccccn2)nc1)N1CCCCC1CCn1cccn1. The van der Waals surface area contributed by atoms with Gasteiger partial charge in [-0.25, -0.2) is 4.98 Å². The largest absolute Gasteiger partial charge is 0.364 e. The molecule has 150 valence electrons. The average molecular weight is 390 g/mol. The van der Waals surface area contributed by atoms with Crippen molar-refractivity contribution in [2.75, 3.05) is 11.9 Å². The highest BCUT2D eigenvalue weighted by molar-refractivity contribution is 5.94. The number of pyridine rings is 2. The Bertz CT molecular complexity index is 895. The number of carbonyl (C=O) groups excluding carboxylic acids is 1. The lowest BCUT2D eigenvalue weighted by Crippen LogP contribution is -2.44. The van der Waals surface area contributed by atoms with E-state index < -0.39 is 0 Å². The van der Waals surface area contributed by atoms with Crippen LogP contribution in [0.4, 0.5) is 5.82 Å². The van der Waals surface area contributed by atoms with Crippen LogP contribution < -0.4 is 5.32 Å². The van der Waals surface area contributed by atoms with E-state index in [4.69, 9.17) is 0 Å². The van der Waals surface area contributed by atoms with Crippen molar-refractivity contribution in [2.45, 2.75) is 44.8 Å². The monoisotopic (exact) mass is 390 g/mol. The first-order valence-corrected chi connectivity index (χ1v) is 10.2. The predicted octanol–water partition coefficient (Wildman–Crippen LogP) is 3.37. The number of nitrogens with zero attached hydrogens (tertiary/aromatic N) is 5. The van der Waals surface area contributed by atoms with Crippen LogP contribution in [0.1, 0.15) is 41.7 Å². The quantitative estimate of drug-likeness (QED) is 0.669. The van der Waals surface area contributed by atoms with E-state index >= 15 is 0 Å². The first-order chi connectivity index (χ1) is 14.3. The molecule has 29 heavy (non-hydrogen) atoms. The smallest absolute Gasteiger partial charge is 0.255 e. The van der Waals surface area contributed by atoms with Crippen molar-refractivity contribution in [1.82, 2.24) is 24.6 Å². The Kier molecular flexibility index (Phi) is 6.14. The molecule has 3 aromatic rings. The van der Waals surface area contributed by atoms with Crippen LogP contribution in [-0.4, -0.2) is 43.1 Å². The Hall–Kier alpha value is -3.22. The van der Waals surface area contributed by atoms with Gasteiger partial charge in [0.2, 0.25) is 0 Å². The highest BCUT2D eigenvalue weighted by Gasteiger charge is 2.27. The summed E-state index contributed by atoms with van der Waals surface area (Å²) in [6, 6.07) is 11.7. The number of hydrogen-bond donors (Lipinski definition) is 1. The van der Waals surface area contributed by atoms with E-state index in [0.29, 0.717) is 12.1 Å². The van der Waals surface area contributed by atoms with E-state index in [1.807, 2.05) is 52.2 Å². The van der Waals surface area contributed by atoms with E-state index in [2.05, 4.69) is 20.4 Å². The first-order valence-electron chi connectivity index (χ1n) is 10.2. The highest BCUT2D eigenvalue weighted by atomic mass is 16.2. The second kappa shape index (κ2) is 9.32. The van der Waals surface area contributed by atoms with E-state index in [1.165, 1.54) is 6.42 Å². The molecule has 4 heterocycles. The van der Waals surface area contributed by atoms with Gasteiger partial charge in [0.1, 0.15) is 5.82 Å². The molecule has 1 unspecified atom stereocenters. The zero-order valence-electron chi connectivity index (χ0n) is 16.4. The lowest BCUT2D eigenvalue weighted by molar-refractivity contribution is 0.0593. The molecule has 4 rings (SSSR count). The molecule has 0 aliphatic carbocycles. The molecule has 0 saturated carbocycles. The molecule has 1 fully saturated rings. The second-order valence-corrected chi connectivity index (χ2v) is 7.31. The summed E-state index contributed by atoms with van der Waals surface area (Å²) in [6.45, 7) is 2.24. The third-order valence-electron chi connectivity index (χ3n) is 5.33. The fraction of sp³-hybridized carbons (Fsp3) is 0.364.